The van der Waals surface area contributed by atoms with Crippen LogP contribution in [0, 0.1) is 17.5 Å². The zero-order chi connectivity index (χ0) is 14.9. The highest BCUT2D eigenvalue weighted by atomic mass is 35.5. The van der Waals surface area contributed by atoms with E-state index in [1.54, 1.807) is 18.2 Å². The SMILES string of the molecule is CNC(c1cccc(Cl)c1Cl)c1c(F)cc(F)cc1F. The van der Waals surface area contributed by atoms with E-state index in [1.807, 2.05) is 0 Å². The molecule has 1 nitrogen and oxygen atoms in total. The Morgan fingerprint density at radius 3 is 2.20 bits per heavy atom. The molecule has 2 aromatic rings. The lowest BCUT2D eigenvalue weighted by Gasteiger charge is -2.20. The molecule has 6 heteroatoms. The number of hydrogen-bond acceptors (Lipinski definition) is 1. The first kappa shape index (κ1) is 15.2. The predicted molar refractivity (Wildman–Crippen MR) is 73.7 cm³/mol. The fraction of sp³-hybridized carbons (Fsp3) is 0.143. The summed E-state index contributed by atoms with van der Waals surface area (Å²) >= 11 is 12.0. The van der Waals surface area contributed by atoms with Crippen molar-refractivity contribution >= 4 is 23.2 Å². The van der Waals surface area contributed by atoms with Gasteiger partial charge in [0.25, 0.3) is 0 Å². The molecule has 0 amide bonds. The molecular weight excluding hydrogens is 310 g/mol. The molecule has 0 saturated heterocycles. The van der Waals surface area contributed by atoms with Gasteiger partial charge in [-0.15, -0.1) is 0 Å². The summed E-state index contributed by atoms with van der Waals surface area (Å²) in [5.41, 5.74) is 0.101. The first-order valence-corrected chi connectivity index (χ1v) is 6.47. The maximum absolute atomic E-state index is 13.9. The van der Waals surface area contributed by atoms with Crippen molar-refractivity contribution in [2.24, 2.45) is 0 Å². The molecule has 0 aliphatic carbocycles. The number of hydrogen-bond donors (Lipinski definition) is 1. The lowest BCUT2D eigenvalue weighted by molar-refractivity contribution is 0.500. The van der Waals surface area contributed by atoms with E-state index in [0.717, 1.165) is 0 Å². The van der Waals surface area contributed by atoms with Crippen LogP contribution in [0.2, 0.25) is 10.0 Å². The minimum absolute atomic E-state index is 0.191. The molecule has 0 fully saturated rings. The maximum atomic E-state index is 13.9. The fourth-order valence-electron chi connectivity index (χ4n) is 2.03. The van der Waals surface area contributed by atoms with E-state index in [4.69, 9.17) is 23.2 Å². The van der Waals surface area contributed by atoms with Gasteiger partial charge in [0.2, 0.25) is 0 Å². The zero-order valence-corrected chi connectivity index (χ0v) is 11.9. The van der Waals surface area contributed by atoms with E-state index < -0.39 is 23.5 Å². The second kappa shape index (κ2) is 6.04. The van der Waals surface area contributed by atoms with E-state index in [2.05, 4.69) is 5.32 Å². The first-order valence-electron chi connectivity index (χ1n) is 5.71. The van der Waals surface area contributed by atoms with Crippen LogP contribution in [0.3, 0.4) is 0 Å². The van der Waals surface area contributed by atoms with Gasteiger partial charge in [-0.3, -0.25) is 0 Å². The highest BCUT2D eigenvalue weighted by molar-refractivity contribution is 6.42. The van der Waals surface area contributed by atoms with Crippen molar-refractivity contribution in [2.45, 2.75) is 6.04 Å². The summed E-state index contributed by atoms with van der Waals surface area (Å²) in [6.07, 6.45) is 0. The molecule has 1 unspecified atom stereocenters. The van der Waals surface area contributed by atoms with Gasteiger partial charge in [-0.2, -0.15) is 0 Å². The Bertz CT molecular complexity index is 623. The van der Waals surface area contributed by atoms with Crippen molar-refractivity contribution in [3.63, 3.8) is 0 Å². The molecule has 0 aromatic heterocycles. The van der Waals surface area contributed by atoms with Crippen molar-refractivity contribution < 1.29 is 13.2 Å². The normalized spacial score (nSPS) is 12.5. The van der Waals surface area contributed by atoms with Gasteiger partial charge in [0.15, 0.2) is 0 Å². The lowest BCUT2D eigenvalue weighted by Crippen LogP contribution is -2.21. The van der Waals surface area contributed by atoms with Gasteiger partial charge in [-0.05, 0) is 18.7 Å². The van der Waals surface area contributed by atoms with Crippen LogP contribution in [0.25, 0.3) is 0 Å². The molecule has 106 valence electrons. The standard InChI is InChI=1S/C14H10Cl2F3N/c1-20-14(8-3-2-4-9(15)13(8)16)12-10(18)5-7(17)6-11(12)19/h2-6,14,20H,1H3. The van der Waals surface area contributed by atoms with Crippen molar-refractivity contribution in [3.8, 4) is 0 Å². The Morgan fingerprint density at radius 1 is 1.05 bits per heavy atom. The summed E-state index contributed by atoms with van der Waals surface area (Å²) in [6, 6.07) is 5.16. The molecule has 0 radical (unpaired) electrons. The van der Waals surface area contributed by atoms with Crippen LogP contribution in [-0.2, 0) is 0 Å². The van der Waals surface area contributed by atoms with Gasteiger partial charge in [0.1, 0.15) is 17.5 Å². The summed E-state index contributed by atoms with van der Waals surface area (Å²) in [6.45, 7) is 0. The molecule has 0 heterocycles. The molecule has 0 aliphatic rings. The zero-order valence-electron chi connectivity index (χ0n) is 10.4. The lowest BCUT2D eigenvalue weighted by atomic mass is 9.97. The smallest absolute Gasteiger partial charge is 0.134 e. The van der Waals surface area contributed by atoms with Crippen LogP contribution in [0.5, 0.6) is 0 Å². The Morgan fingerprint density at radius 2 is 1.65 bits per heavy atom. The molecule has 0 saturated carbocycles. The van der Waals surface area contributed by atoms with Crippen molar-refractivity contribution in [1.29, 1.82) is 0 Å². The first-order chi connectivity index (χ1) is 9.45. The fourth-order valence-corrected chi connectivity index (χ4v) is 2.44. The third kappa shape index (κ3) is 2.77. The molecular formula is C14H10Cl2F3N. The van der Waals surface area contributed by atoms with Crippen LogP contribution in [0.15, 0.2) is 30.3 Å². The Labute approximate surface area is 124 Å². The average Bonchev–Trinajstić information content (AvgIpc) is 2.37. The summed E-state index contributed by atoms with van der Waals surface area (Å²) in [4.78, 5) is 0. The van der Waals surface area contributed by atoms with Gasteiger partial charge in [0.05, 0.1) is 16.1 Å². The number of benzene rings is 2. The van der Waals surface area contributed by atoms with Gasteiger partial charge in [-0.1, -0.05) is 35.3 Å². The number of nitrogens with one attached hydrogen (secondary N) is 1. The van der Waals surface area contributed by atoms with Crippen LogP contribution in [0.1, 0.15) is 17.2 Å². The van der Waals surface area contributed by atoms with Gasteiger partial charge < -0.3 is 5.32 Å². The molecule has 0 bridgehead atoms. The van der Waals surface area contributed by atoms with E-state index in [0.29, 0.717) is 17.7 Å². The molecule has 1 N–H and O–H groups in total. The van der Waals surface area contributed by atoms with E-state index in [-0.39, 0.29) is 15.6 Å². The summed E-state index contributed by atoms with van der Waals surface area (Å²) in [7, 11) is 1.52. The topological polar surface area (TPSA) is 12.0 Å². The molecule has 2 aromatic carbocycles. The second-order valence-corrected chi connectivity index (χ2v) is 4.93. The van der Waals surface area contributed by atoms with Crippen LogP contribution < -0.4 is 5.32 Å². The molecule has 2 rings (SSSR count). The van der Waals surface area contributed by atoms with Crippen molar-refractivity contribution in [1.82, 2.24) is 5.32 Å². The Balaban J connectivity index is 2.62. The van der Waals surface area contributed by atoms with Gasteiger partial charge in [-0.25, -0.2) is 13.2 Å². The van der Waals surface area contributed by atoms with Gasteiger partial charge in [0, 0.05) is 17.7 Å². The molecule has 0 aliphatic heterocycles. The Hall–Kier alpha value is -1.23. The maximum Gasteiger partial charge on any atom is 0.134 e. The Kier molecular flexibility index (Phi) is 4.58. The van der Waals surface area contributed by atoms with E-state index >= 15 is 0 Å². The van der Waals surface area contributed by atoms with Crippen LogP contribution in [-0.4, -0.2) is 7.05 Å². The molecule has 20 heavy (non-hydrogen) atoms. The summed E-state index contributed by atoms with van der Waals surface area (Å²) in [5.74, 6) is -2.95. The highest BCUT2D eigenvalue weighted by Crippen LogP contribution is 2.35. The quantitative estimate of drug-likeness (QED) is 0.863. The van der Waals surface area contributed by atoms with Crippen LogP contribution >= 0.6 is 23.2 Å². The minimum Gasteiger partial charge on any atom is -0.309 e. The minimum atomic E-state index is -0.988. The van der Waals surface area contributed by atoms with E-state index in [1.165, 1.54) is 7.05 Å². The third-order valence-electron chi connectivity index (χ3n) is 2.91. The second-order valence-electron chi connectivity index (χ2n) is 4.15. The van der Waals surface area contributed by atoms with Crippen molar-refractivity contribution in [2.75, 3.05) is 7.05 Å². The number of halogens is 5. The monoisotopic (exact) mass is 319 g/mol. The average molecular weight is 320 g/mol. The highest BCUT2D eigenvalue weighted by Gasteiger charge is 2.24. The summed E-state index contributed by atoms with van der Waals surface area (Å²) in [5, 5.41) is 3.22. The van der Waals surface area contributed by atoms with Gasteiger partial charge >= 0.3 is 0 Å². The molecule has 1 atom stereocenters. The largest absolute Gasteiger partial charge is 0.309 e. The number of rotatable bonds is 3. The predicted octanol–water partition coefficient (Wildman–Crippen LogP) is 4.72. The van der Waals surface area contributed by atoms with Crippen LogP contribution in [0.4, 0.5) is 13.2 Å². The van der Waals surface area contributed by atoms with Crippen molar-refractivity contribution in [3.05, 3.63) is 69.0 Å². The van der Waals surface area contributed by atoms with E-state index in [9.17, 15) is 13.2 Å². The summed E-state index contributed by atoms with van der Waals surface area (Å²) < 4.78 is 40.7. The molecule has 0 spiro atoms. The third-order valence-corrected chi connectivity index (χ3v) is 3.75.